The first-order chi connectivity index (χ1) is 6.91. The third kappa shape index (κ3) is 2.91. The number of halogens is 2. The van der Waals surface area contributed by atoms with Crippen molar-refractivity contribution in [3.63, 3.8) is 0 Å². The highest BCUT2D eigenvalue weighted by molar-refractivity contribution is 6.42. The summed E-state index contributed by atoms with van der Waals surface area (Å²) in [5.41, 5.74) is 0.0986. The number of nitro groups is 1. The SMILES string of the molecule is CC(=O)Cc1cc(Cl)c(Cl)cc1[N+](=O)[O-]. The monoisotopic (exact) mass is 247 g/mol. The van der Waals surface area contributed by atoms with Gasteiger partial charge in [0.05, 0.1) is 15.0 Å². The molecule has 0 heterocycles. The molecule has 4 nitrogen and oxygen atoms in total. The van der Waals surface area contributed by atoms with Crippen LogP contribution in [-0.4, -0.2) is 10.7 Å². The molecule has 1 rings (SSSR count). The van der Waals surface area contributed by atoms with Crippen molar-refractivity contribution >= 4 is 34.7 Å². The quantitative estimate of drug-likeness (QED) is 0.610. The van der Waals surface area contributed by atoms with Gasteiger partial charge in [0.2, 0.25) is 0 Å². The Kier molecular flexibility index (Phi) is 3.66. The molecule has 15 heavy (non-hydrogen) atoms. The Hall–Kier alpha value is -1.13. The molecule has 0 saturated carbocycles. The van der Waals surface area contributed by atoms with Gasteiger partial charge < -0.3 is 0 Å². The number of ketones is 1. The summed E-state index contributed by atoms with van der Waals surface area (Å²) < 4.78 is 0. The van der Waals surface area contributed by atoms with E-state index >= 15 is 0 Å². The van der Waals surface area contributed by atoms with Crippen LogP contribution < -0.4 is 0 Å². The van der Waals surface area contributed by atoms with Crippen LogP contribution in [0.25, 0.3) is 0 Å². The van der Waals surface area contributed by atoms with E-state index in [0.29, 0.717) is 0 Å². The van der Waals surface area contributed by atoms with Crippen molar-refractivity contribution in [1.29, 1.82) is 0 Å². The molecular formula is C9H7Cl2NO3. The van der Waals surface area contributed by atoms with Crippen LogP contribution in [0.2, 0.25) is 10.0 Å². The Morgan fingerprint density at radius 3 is 2.40 bits per heavy atom. The van der Waals surface area contributed by atoms with Crippen molar-refractivity contribution in [2.45, 2.75) is 13.3 Å². The third-order valence-corrected chi connectivity index (χ3v) is 2.48. The zero-order chi connectivity index (χ0) is 11.6. The standard InChI is InChI=1S/C9H7Cl2NO3/c1-5(13)2-6-3-7(10)8(11)4-9(6)12(14)15/h3-4H,2H2,1H3. The summed E-state index contributed by atoms with van der Waals surface area (Å²) in [5.74, 6) is -0.170. The number of benzene rings is 1. The van der Waals surface area contributed by atoms with Crippen molar-refractivity contribution in [2.75, 3.05) is 0 Å². The van der Waals surface area contributed by atoms with Crippen LogP contribution in [0.1, 0.15) is 12.5 Å². The second kappa shape index (κ2) is 4.59. The Labute approximate surface area is 95.9 Å². The van der Waals surface area contributed by atoms with Crippen LogP contribution in [0, 0.1) is 10.1 Å². The molecule has 0 aliphatic carbocycles. The molecule has 0 N–H and O–H groups in total. The molecule has 0 aliphatic heterocycles. The van der Waals surface area contributed by atoms with Gasteiger partial charge in [-0.25, -0.2) is 0 Å². The van der Waals surface area contributed by atoms with E-state index in [9.17, 15) is 14.9 Å². The normalized spacial score (nSPS) is 10.1. The summed E-state index contributed by atoms with van der Waals surface area (Å²) in [6.45, 7) is 1.35. The molecule has 1 aromatic carbocycles. The molecule has 80 valence electrons. The van der Waals surface area contributed by atoms with Crippen LogP contribution in [0.5, 0.6) is 0 Å². The molecule has 0 saturated heterocycles. The number of rotatable bonds is 3. The van der Waals surface area contributed by atoms with E-state index in [4.69, 9.17) is 23.2 Å². The number of hydrogen-bond donors (Lipinski definition) is 0. The average Bonchev–Trinajstić information content (AvgIpc) is 2.09. The number of hydrogen-bond acceptors (Lipinski definition) is 3. The van der Waals surface area contributed by atoms with Crippen molar-refractivity contribution in [2.24, 2.45) is 0 Å². The lowest BCUT2D eigenvalue weighted by Gasteiger charge is -2.02. The summed E-state index contributed by atoms with van der Waals surface area (Å²) in [4.78, 5) is 21.0. The Morgan fingerprint density at radius 2 is 1.93 bits per heavy atom. The summed E-state index contributed by atoms with van der Waals surface area (Å²) in [5, 5.41) is 11.0. The van der Waals surface area contributed by atoms with Crippen molar-refractivity contribution in [3.8, 4) is 0 Å². The fraction of sp³-hybridized carbons (Fsp3) is 0.222. The van der Waals surface area contributed by atoms with E-state index in [1.54, 1.807) is 0 Å². The summed E-state index contributed by atoms with van der Waals surface area (Å²) in [7, 11) is 0. The van der Waals surface area contributed by atoms with Gasteiger partial charge in [0.1, 0.15) is 5.78 Å². The maximum absolute atomic E-state index is 10.9. The highest BCUT2D eigenvalue weighted by atomic mass is 35.5. The fourth-order valence-electron chi connectivity index (χ4n) is 1.16. The molecule has 0 unspecified atom stereocenters. The molecule has 0 spiro atoms. The number of carbonyl (C=O) groups excluding carboxylic acids is 1. The first-order valence-electron chi connectivity index (χ1n) is 4.03. The predicted octanol–water partition coefficient (Wildman–Crippen LogP) is 3.03. The second-order valence-corrected chi connectivity index (χ2v) is 3.85. The van der Waals surface area contributed by atoms with Gasteiger partial charge >= 0.3 is 0 Å². The summed E-state index contributed by atoms with van der Waals surface area (Å²) in [6.07, 6.45) is -0.0206. The van der Waals surface area contributed by atoms with Gasteiger partial charge in [0, 0.05) is 18.1 Å². The largest absolute Gasteiger partial charge is 0.300 e. The van der Waals surface area contributed by atoms with E-state index in [2.05, 4.69) is 0 Å². The fourth-order valence-corrected chi connectivity index (χ4v) is 1.50. The van der Waals surface area contributed by atoms with Gasteiger partial charge in [-0.2, -0.15) is 0 Å². The van der Waals surface area contributed by atoms with Crippen molar-refractivity contribution in [1.82, 2.24) is 0 Å². The van der Waals surface area contributed by atoms with Crippen LogP contribution in [0.4, 0.5) is 5.69 Å². The van der Waals surface area contributed by atoms with E-state index in [-0.39, 0.29) is 33.5 Å². The Bertz CT molecular complexity index is 432. The summed E-state index contributed by atoms with van der Waals surface area (Å²) >= 11 is 11.4. The van der Waals surface area contributed by atoms with Crippen LogP contribution in [-0.2, 0) is 11.2 Å². The molecule has 1 aromatic rings. The molecule has 0 atom stereocenters. The number of nitro benzene ring substituents is 1. The average molecular weight is 248 g/mol. The maximum atomic E-state index is 10.9. The van der Waals surface area contributed by atoms with Gasteiger partial charge in [-0.3, -0.25) is 14.9 Å². The topological polar surface area (TPSA) is 60.2 Å². The minimum Gasteiger partial charge on any atom is -0.300 e. The van der Waals surface area contributed by atoms with Gasteiger partial charge in [0.25, 0.3) is 5.69 Å². The maximum Gasteiger partial charge on any atom is 0.274 e. The number of nitrogens with zero attached hydrogens (tertiary/aromatic N) is 1. The minimum atomic E-state index is -0.583. The molecule has 0 fully saturated rings. The van der Waals surface area contributed by atoms with Gasteiger partial charge in [-0.05, 0) is 13.0 Å². The van der Waals surface area contributed by atoms with Gasteiger partial charge in [0.15, 0.2) is 0 Å². The number of Topliss-reactive ketones (excluding diaryl/α,β-unsaturated/α-hetero) is 1. The second-order valence-electron chi connectivity index (χ2n) is 3.03. The van der Waals surface area contributed by atoms with E-state index in [1.807, 2.05) is 0 Å². The van der Waals surface area contributed by atoms with Crippen LogP contribution in [0.3, 0.4) is 0 Å². The Balaban J connectivity index is 3.28. The first kappa shape index (κ1) is 11.9. The molecule has 6 heteroatoms. The van der Waals surface area contributed by atoms with Crippen LogP contribution >= 0.6 is 23.2 Å². The Morgan fingerprint density at radius 1 is 1.40 bits per heavy atom. The van der Waals surface area contributed by atoms with Crippen molar-refractivity contribution < 1.29 is 9.72 Å². The van der Waals surface area contributed by atoms with Crippen LogP contribution in [0.15, 0.2) is 12.1 Å². The van der Waals surface area contributed by atoms with Crippen molar-refractivity contribution in [3.05, 3.63) is 37.9 Å². The van der Waals surface area contributed by atoms with E-state index in [0.717, 1.165) is 6.07 Å². The molecule has 0 aliphatic rings. The lowest BCUT2D eigenvalue weighted by atomic mass is 10.1. The molecule has 0 amide bonds. The zero-order valence-corrected chi connectivity index (χ0v) is 9.30. The zero-order valence-electron chi connectivity index (χ0n) is 7.79. The van der Waals surface area contributed by atoms with Gasteiger partial charge in [-0.15, -0.1) is 0 Å². The highest BCUT2D eigenvalue weighted by Gasteiger charge is 2.17. The minimum absolute atomic E-state index is 0.0206. The molecule has 0 bridgehead atoms. The van der Waals surface area contributed by atoms with E-state index in [1.165, 1.54) is 13.0 Å². The predicted molar refractivity (Wildman–Crippen MR) is 57.5 cm³/mol. The lowest BCUT2D eigenvalue weighted by Crippen LogP contribution is -2.01. The lowest BCUT2D eigenvalue weighted by molar-refractivity contribution is -0.385. The highest BCUT2D eigenvalue weighted by Crippen LogP contribution is 2.30. The van der Waals surface area contributed by atoms with Gasteiger partial charge in [-0.1, -0.05) is 23.2 Å². The number of carbonyl (C=O) groups is 1. The third-order valence-electron chi connectivity index (χ3n) is 1.76. The molecule has 0 aromatic heterocycles. The molecular weight excluding hydrogens is 241 g/mol. The first-order valence-corrected chi connectivity index (χ1v) is 4.79. The smallest absolute Gasteiger partial charge is 0.274 e. The summed E-state index contributed by atoms with van der Waals surface area (Å²) in [6, 6.07) is 2.51. The van der Waals surface area contributed by atoms with E-state index < -0.39 is 4.92 Å². The molecule has 0 radical (unpaired) electrons.